The van der Waals surface area contributed by atoms with Crippen molar-refractivity contribution in [1.29, 1.82) is 0 Å². The van der Waals surface area contributed by atoms with Crippen LogP contribution in [0.3, 0.4) is 0 Å². The molecule has 118 valence electrons. The molecular weight excluding hydrogens is 314 g/mol. The molecule has 0 atom stereocenters. The number of aryl methyl sites for hydroxylation is 2. The summed E-state index contributed by atoms with van der Waals surface area (Å²) in [5.74, 6) is -0.270. The van der Waals surface area contributed by atoms with Gasteiger partial charge in [-0.2, -0.15) is 0 Å². The van der Waals surface area contributed by atoms with E-state index in [2.05, 4.69) is 5.32 Å². The van der Waals surface area contributed by atoms with E-state index in [0.29, 0.717) is 28.3 Å². The predicted octanol–water partition coefficient (Wildman–Crippen LogP) is 3.27. The minimum absolute atomic E-state index is 0.0915. The van der Waals surface area contributed by atoms with Gasteiger partial charge in [0.15, 0.2) is 0 Å². The zero-order valence-electron chi connectivity index (χ0n) is 12.8. The molecule has 3 aromatic rings. The number of anilines is 1. The number of pyridine rings is 1. The zero-order valence-corrected chi connectivity index (χ0v) is 13.6. The highest BCUT2D eigenvalue weighted by molar-refractivity contribution is 6.30. The van der Waals surface area contributed by atoms with Crippen LogP contribution in [-0.2, 0) is 13.6 Å². The molecule has 5 nitrogen and oxygen atoms in total. The van der Waals surface area contributed by atoms with Gasteiger partial charge in [-0.15, -0.1) is 0 Å². The Balaban J connectivity index is 2.00. The van der Waals surface area contributed by atoms with Crippen molar-refractivity contribution in [3.8, 4) is 0 Å². The molecule has 6 heteroatoms. The summed E-state index contributed by atoms with van der Waals surface area (Å²) >= 11 is 5.84. The summed E-state index contributed by atoms with van der Waals surface area (Å²) < 4.78 is 3.34. The minimum atomic E-state index is -0.270. The van der Waals surface area contributed by atoms with E-state index < -0.39 is 0 Å². The summed E-state index contributed by atoms with van der Waals surface area (Å²) in [4.78, 5) is 24.8. The van der Waals surface area contributed by atoms with Gasteiger partial charge < -0.3 is 14.5 Å². The van der Waals surface area contributed by atoms with Crippen LogP contribution in [0.5, 0.6) is 0 Å². The van der Waals surface area contributed by atoms with Gasteiger partial charge in [-0.1, -0.05) is 11.6 Å². The average molecular weight is 330 g/mol. The lowest BCUT2D eigenvalue weighted by Crippen LogP contribution is -2.17. The van der Waals surface area contributed by atoms with Crippen LogP contribution in [0.25, 0.3) is 10.9 Å². The standard InChI is InChI=1S/C17H16ClN3O2/c1-3-21-9-8-14-13(17(21)23)10-15(20(14)2)16(22)19-12-6-4-11(18)5-7-12/h4-10H,3H2,1-2H3,(H,19,22). The number of nitrogens with one attached hydrogen (secondary N) is 1. The van der Waals surface area contributed by atoms with Crippen molar-refractivity contribution in [3.05, 3.63) is 63.7 Å². The highest BCUT2D eigenvalue weighted by atomic mass is 35.5. The number of amides is 1. The summed E-state index contributed by atoms with van der Waals surface area (Å²) in [5.41, 5.74) is 1.73. The molecule has 3 rings (SSSR count). The second-order valence-electron chi connectivity index (χ2n) is 5.26. The fraction of sp³-hybridized carbons (Fsp3) is 0.176. The number of nitrogens with zero attached hydrogens (tertiary/aromatic N) is 2. The quantitative estimate of drug-likeness (QED) is 0.801. The molecule has 0 saturated heterocycles. The summed E-state index contributed by atoms with van der Waals surface area (Å²) in [6.45, 7) is 2.50. The summed E-state index contributed by atoms with van der Waals surface area (Å²) in [6.07, 6.45) is 1.74. The van der Waals surface area contributed by atoms with Crippen molar-refractivity contribution in [1.82, 2.24) is 9.13 Å². The maximum Gasteiger partial charge on any atom is 0.272 e. The van der Waals surface area contributed by atoms with Crippen LogP contribution in [0.15, 0.2) is 47.4 Å². The van der Waals surface area contributed by atoms with E-state index in [4.69, 9.17) is 11.6 Å². The lowest BCUT2D eigenvalue weighted by molar-refractivity contribution is 0.102. The van der Waals surface area contributed by atoms with Gasteiger partial charge in [0.25, 0.3) is 11.5 Å². The van der Waals surface area contributed by atoms with E-state index in [1.165, 1.54) is 0 Å². The topological polar surface area (TPSA) is 56.0 Å². The third kappa shape index (κ3) is 2.75. The number of rotatable bonds is 3. The Morgan fingerprint density at radius 3 is 2.57 bits per heavy atom. The Kier molecular flexibility index (Phi) is 3.96. The molecule has 1 N–H and O–H groups in total. The molecule has 0 radical (unpaired) electrons. The van der Waals surface area contributed by atoms with Crippen molar-refractivity contribution in [2.75, 3.05) is 5.32 Å². The molecule has 0 saturated carbocycles. The van der Waals surface area contributed by atoms with Crippen LogP contribution < -0.4 is 10.9 Å². The van der Waals surface area contributed by atoms with Crippen LogP contribution in [0.1, 0.15) is 17.4 Å². The molecule has 0 spiro atoms. The van der Waals surface area contributed by atoms with E-state index in [-0.39, 0.29) is 11.5 Å². The largest absolute Gasteiger partial charge is 0.339 e. The average Bonchev–Trinajstić information content (AvgIpc) is 2.88. The predicted molar refractivity (Wildman–Crippen MR) is 92.3 cm³/mol. The van der Waals surface area contributed by atoms with E-state index >= 15 is 0 Å². The molecule has 2 aromatic heterocycles. The molecule has 23 heavy (non-hydrogen) atoms. The van der Waals surface area contributed by atoms with Crippen molar-refractivity contribution in [3.63, 3.8) is 0 Å². The van der Waals surface area contributed by atoms with Crippen LogP contribution in [0.4, 0.5) is 5.69 Å². The number of carbonyl (C=O) groups excluding carboxylic acids is 1. The summed E-state index contributed by atoms with van der Waals surface area (Å²) in [6, 6.07) is 10.4. The van der Waals surface area contributed by atoms with Gasteiger partial charge in [-0.05, 0) is 43.3 Å². The molecule has 0 fully saturated rings. The van der Waals surface area contributed by atoms with E-state index in [0.717, 1.165) is 5.52 Å². The maximum absolute atomic E-state index is 12.5. The van der Waals surface area contributed by atoms with Gasteiger partial charge in [0.2, 0.25) is 0 Å². The van der Waals surface area contributed by atoms with Crippen LogP contribution >= 0.6 is 11.6 Å². The van der Waals surface area contributed by atoms with Crippen molar-refractivity contribution in [2.45, 2.75) is 13.5 Å². The maximum atomic E-state index is 12.5. The summed E-state index contributed by atoms with van der Waals surface area (Å²) in [7, 11) is 1.77. The third-order valence-corrected chi connectivity index (χ3v) is 4.11. The molecule has 0 aliphatic carbocycles. The molecule has 0 bridgehead atoms. The molecule has 2 heterocycles. The lowest BCUT2D eigenvalue weighted by atomic mass is 10.3. The van der Waals surface area contributed by atoms with Crippen LogP contribution in [-0.4, -0.2) is 15.0 Å². The number of halogens is 1. The van der Waals surface area contributed by atoms with Gasteiger partial charge in [0.05, 0.1) is 10.9 Å². The molecule has 1 aromatic carbocycles. The Morgan fingerprint density at radius 2 is 1.91 bits per heavy atom. The molecular formula is C17H16ClN3O2. The zero-order chi connectivity index (χ0) is 16.6. The van der Waals surface area contributed by atoms with Gasteiger partial charge >= 0.3 is 0 Å². The van der Waals surface area contributed by atoms with Crippen LogP contribution in [0.2, 0.25) is 5.02 Å². The van der Waals surface area contributed by atoms with Gasteiger partial charge in [0.1, 0.15) is 5.69 Å². The first-order valence-electron chi connectivity index (χ1n) is 7.27. The Labute approximate surface area is 138 Å². The monoisotopic (exact) mass is 329 g/mol. The Morgan fingerprint density at radius 1 is 1.22 bits per heavy atom. The lowest BCUT2D eigenvalue weighted by Gasteiger charge is -2.07. The molecule has 0 aliphatic rings. The van der Waals surface area contributed by atoms with E-state index in [1.807, 2.05) is 13.0 Å². The van der Waals surface area contributed by atoms with Crippen molar-refractivity contribution >= 4 is 34.1 Å². The van der Waals surface area contributed by atoms with Crippen molar-refractivity contribution in [2.24, 2.45) is 7.05 Å². The smallest absolute Gasteiger partial charge is 0.272 e. The number of carbonyl (C=O) groups is 1. The van der Waals surface area contributed by atoms with Crippen molar-refractivity contribution < 1.29 is 4.79 Å². The SMILES string of the molecule is CCn1ccc2c(cc(C(=O)Nc3ccc(Cl)cc3)n2C)c1=O. The normalized spacial score (nSPS) is 10.9. The number of hydrogen-bond acceptors (Lipinski definition) is 2. The molecule has 0 aliphatic heterocycles. The first-order valence-corrected chi connectivity index (χ1v) is 7.65. The molecule has 1 amide bonds. The Bertz CT molecular complexity index is 939. The minimum Gasteiger partial charge on any atom is -0.339 e. The first-order chi connectivity index (χ1) is 11.0. The first kappa shape index (κ1) is 15.4. The highest BCUT2D eigenvalue weighted by Crippen LogP contribution is 2.18. The number of fused-ring (bicyclic) bond motifs is 1. The number of hydrogen-bond donors (Lipinski definition) is 1. The second-order valence-corrected chi connectivity index (χ2v) is 5.69. The Hall–Kier alpha value is -2.53. The van der Waals surface area contributed by atoms with Gasteiger partial charge in [-0.3, -0.25) is 9.59 Å². The van der Waals surface area contributed by atoms with Crippen LogP contribution in [0, 0.1) is 0 Å². The van der Waals surface area contributed by atoms with E-state index in [9.17, 15) is 9.59 Å². The summed E-state index contributed by atoms with van der Waals surface area (Å²) in [5, 5.41) is 3.95. The fourth-order valence-electron chi connectivity index (χ4n) is 2.57. The van der Waals surface area contributed by atoms with Gasteiger partial charge in [-0.25, -0.2) is 0 Å². The number of aromatic nitrogens is 2. The number of benzene rings is 1. The highest BCUT2D eigenvalue weighted by Gasteiger charge is 2.16. The van der Waals surface area contributed by atoms with Gasteiger partial charge in [0, 0.05) is 30.5 Å². The molecule has 0 unspecified atom stereocenters. The van der Waals surface area contributed by atoms with E-state index in [1.54, 1.807) is 52.7 Å². The third-order valence-electron chi connectivity index (χ3n) is 3.86. The second kappa shape index (κ2) is 5.93. The fourth-order valence-corrected chi connectivity index (χ4v) is 2.70.